The van der Waals surface area contributed by atoms with Gasteiger partial charge in [0, 0.05) is 93.6 Å². The minimum Gasteiger partial charge on any atom is -0.455 e. The Morgan fingerprint density at radius 2 is 1.88 bits per heavy atom. The van der Waals surface area contributed by atoms with Gasteiger partial charge in [-0.2, -0.15) is 0 Å². The highest BCUT2D eigenvalue weighted by molar-refractivity contribution is 7.90. The second-order valence-corrected chi connectivity index (χ2v) is 21.3. The van der Waals surface area contributed by atoms with Gasteiger partial charge in [-0.15, -0.1) is 0 Å². The number of nitrogens with zero attached hydrogens (tertiary/aromatic N) is 4. The zero-order valence-corrected chi connectivity index (χ0v) is 39.9. The molecular weight excluding hydrogens is 915 g/mol. The predicted octanol–water partition coefficient (Wildman–Crippen LogP) is 5.93. The summed E-state index contributed by atoms with van der Waals surface area (Å²) in [7, 11) is -4.61. The van der Waals surface area contributed by atoms with E-state index in [1.807, 2.05) is 13.0 Å². The molecule has 372 valence electrons. The van der Waals surface area contributed by atoms with E-state index >= 15 is 0 Å². The molecule has 21 heteroatoms. The fourth-order valence-electron chi connectivity index (χ4n) is 11.4. The summed E-state index contributed by atoms with van der Waals surface area (Å²) in [6.45, 7) is 10.4. The molecule has 1 aliphatic carbocycles. The molecular formula is C48H61N7O13S. The van der Waals surface area contributed by atoms with Crippen LogP contribution in [0.5, 0.6) is 11.5 Å². The van der Waals surface area contributed by atoms with Crippen LogP contribution in [0.1, 0.15) is 69.7 Å². The molecule has 6 aliphatic heterocycles. The number of nitrogens with one attached hydrogen (secondary N) is 3. The molecule has 4 aromatic rings. The molecule has 11 rings (SSSR count). The highest BCUT2D eigenvalue weighted by Gasteiger charge is 2.69. The number of fused-ring (bicyclic) bond motifs is 3. The van der Waals surface area contributed by atoms with E-state index in [1.54, 1.807) is 24.4 Å². The maximum absolute atomic E-state index is 14.0. The van der Waals surface area contributed by atoms with Crippen LogP contribution in [0.25, 0.3) is 11.0 Å². The number of hydrogen-bond donors (Lipinski definition) is 4. The Balaban J connectivity index is 0.823. The summed E-state index contributed by atoms with van der Waals surface area (Å²) in [5.74, 6) is -0.413. The Kier molecular flexibility index (Phi) is 13.4. The zero-order chi connectivity index (χ0) is 48.1. The van der Waals surface area contributed by atoms with Gasteiger partial charge >= 0.3 is 0 Å². The van der Waals surface area contributed by atoms with Crippen molar-refractivity contribution < 1.29 is 56.7 Å². The number of nitro benzene ring substituents is 1. The maximum Gasteiger partial charge on any atom is 0.293 e. The van der Waals surface area contributed by atoms with Crippen molar-refractivity contribution >= 4 is 44.0 Å². The first-order valence-corrected chi connectivity index (χ1v) is 25.6. The molecule has 9 atom stereocenters. The molecule has 69 heavy (non-hydrogen) atoms. The summed E-state index contributed by atoms with van der Waals surface area (Å²) in [5.41, 5.74) is 0.252. The van der Waals surface area contributed by atoms with E-state index in [1.165, 1.54) is 24.4 Å². The van der Waals surface area contributed by atoms with Crippen LogP contribution in [-0.2, 0) is 38.7 Å². The zero-order valence-electron chi connectivity index (χ0n) is 39.0. The highest BCUT2D eigenvalue weighted by atomic mass is 32.2. The molecule has 20 nitrogen and oxygen atoms in total. The number of H-pyrrole nitrogens is 1. The number of aliphatic hydroxyl groups is 1. The van der Waals surface area contributed by atoms with Crippen LogP contribution >= 0.6 is 0 Å². The lowest BCUT2D eigenvalue weighted by Crippen LogP contribution is -2.70. The minimum atomic E-state index is -4.61. The van der Waals surface area contributed by atoms with Crippen molar-refractivity contribution in [2.45, 2.75) is 94.2 Å². The van der Waals surface area contributed by atoms with Crippen LogP contribution in [0.15, 0.2) is 65.8 Å². The van der Waals surface area contributed by atoms with Crippen molar-refractivity contribution in [1.82, 2.24) is 19.6 Å². The van der Waals surface area contributed by atoms with Crippen molar-refractivity contribution in [3.8, 4) is 11.5 Å². The van der Waals surface area contributed by atoms with Crippen LogP contribution in [0, 0.1) is 39.7 Å². The third-order valence-electron chi connectivity index (χ3n) is 15.4. The lowest BCUT2D eigenvalue weighted by atomic mass is 9.58. The second-order valence-electron chi connectivity index (χ2n) is 19.6. The predicted molar refractivity (Wildman–Crippen MR) is 250 cm³/mol. The van der Waals surface area contributed by atoms with Gasteiger partial charge in [-0.25, -0.2) is 27.9 Å². The highest BCUT2D eigenvalue weighted by Crippen LogP contribution is 2.60. The van der Waals surface area contributed by atoms with Crippen LogP contribution in [-0.4, -0.2) is 128 Å². The first-order valence-electron chi connectivity index (χ1n) is 24.1. The molecule has 2 bridgehead atoms. The van der Waals surface area contributed by atoms with Crippen molar-refractivity contribution in [1.29, 1.82) is 0 Å². The molecule has 4 N–H and O–H groups in total. The monoisotopic (exact) mass is 975 g/mol. The number of nitro groups is 1. The molecule has 7 fully saturated rings. The Morgan fingerprint density at radius 3 is 2.70 bits per heavy atom. The quantitative estimate of drug-likeness (QED) is 0.0614. The second kappa shape index (κ2) is 19.3. The standard InChI is InChI=1S/C48H61N7O13S/c1-29-4-8-39-30(2)45(65-46-48(39)38(29)10-14-47(3,66-46)67-68-48)63-21-18-53-16-17-54(27-34(53)28-56)33-5-7-37(42(23-33)64-35-22-32-11-15-49-43(32)51-26-35)44(57)52-69(60,61)36-6-9-40(41(24-36)55(58)59)50-25-31-12-19-62-20-13-31/h5-7,9,11,15,22-24,26,29-31,34,38-39,45-46,50,56H,4,8,10,12-14,16-21,25,27-28H2,1-3H3,(H,49,51)(H,52,57)/t29-,30-,34+,38+,39+,45?,46-,47-,48-/m1/s1. The normalized spacial score (nSPS) is 30.7. The van der Waals surface area contributed by atoms with Gasteiger partial charge in [0.1, 0.15) is 22.8 Å². The van der Waals surface area contributed by atoms with Crippen LogP contribution < -0.4 is 19.7 Å². The fourth-order valence-corrected chi connectivity index (χ4v) is 12.4. The first kappa shape index (κ1) is 47.7. The molecule has 1 spiro atoms. The number of pyridine rings is 1. The van der Waals surface area contributed by atoms with E-state index < -0.39 is 55.4 Å². The minimum absolute atomic E-state index is 0.0291. The number of benzene rings is 2. The molecule has 7 aliphatic rings. The van der Waals surface area contributed by atoms with Gasteiger partial charge in [0.15, 0.2) is 18.2 Å². The summed E-state index contributed by atoms with van der Waals surface area (Å²) in [6, 6.07) is 11.6. The van der Waals surface area contributed by atoms with E-state index in [0.717, 1.165) is 50.0 Å². The first-order chi connectivity index (χ1) is 33.2. The SMILES string of the molecule is C[C@@H]1CC[C@H]2[C@@H](C)C(OCCN3CCN(c4ccc(C(=O)NS(=O)(=O)c5ccc(NCC6CCOCC6)c([N+](=O)[O-])c5)c(Oc5cnc6[nH]ccc6c5)c4)C[C@H]3CO)O[C@@H]3O[C@@]4(C)CC[C@@H]1[C@]32OO4. The topological polar surface area (TPSA) is 238 Å². The van der Waals surface area contributed by atoms with Crippen LogP contribution in [0.2, 0.25) is 0 Å². The smallest absolute Gasteiger partial charge is 0.293 e. The van der Waals surface area contributed by atoms with Gasteiger partial charge < -0.3 is 44.0 Å². The molecule has 2 aromatic carbocycles. The molecule has 0 radical (unpaired) electrons. The number of aromatic amines is 1. The van der Waals surface area contributed by atoms with E-state index in [9.17, 15) is 28.4 Å². The van der Waals surface area contributed by atoms with E-state index in [-0.39, 0.29) is 53.3 Å². The van der Waals surface area contributed by atoms with E-state index in [4.69, 9.17) is 33.5 Å². The lowest BCUT2D eigenvalue weighted by Gasteiger charge is -2.60. The van der Waals surface area contributed by atoms with Gasteiger partial charge in [0.2, 0.25) is 5.79 Å². The third kappa shape index (κ3) is 9.40. The number of anilines is 2. The number of rotatable bonds is 15. The number of carbonyl (C=O) groups excluding carboxylic acids is 1. The van der Waals surface area contributed by atoms with Gasteiger partial charge in [-0.1, -0.05) is 13.8 Å². The van der Waals surface area contributed by atoms with Gasteiger partial charge in [0.25, 0.3) is 21.6 Å². The average molecular weight is 976 g/mol. The summed E-state index contributed by atoms with van der Waals surface area (Å²) in [5, 5.41) is 26.7. The molecule has 1 amide bonds. The molecule has 2 aromatic heterocycles. The molecule has 1 unspecified atom stereocenters. The van der Waals surface area contributed by atoms with Crippen LogP contribution in [0.3, 0.4) is 0 Å². The Bertz CT molecular complexity index is 2650. The third-order valence-corrected chi connectivity index (χ3v) is 16.7. The molecule has 1 saturated carbocycles. The number of ether oxygens (including phenoxy) is 5. The number of aromatic nitrogens is 2. The number of sulfonamides is 1. The maximum atomic E-state index is 14.0. The number of piperazine rings is 1. The lowest BCUT2D eigenvalue weighted by molar-refractivity contribution is -0.577. The number of hydrogen-bond acceptors (Lipinski definition) is 17. The number of amides is 1. The molecule has 6 saturated heterocycles. The summed E-state index contributed by atoms with van der Waals surface area (Å²) >= 11 is 0. The van der Waals surface area contributed by atoms with Gasteiger partial charge in [0.05, 0.1) is 40.8 Å². The number of carbonyl (C=O) groups is 1. The average Bonchev–Trinajstić information content (AvgIpc) is 3.70. The Labute approximate surface area is 400 Å². The summed E-state index contributed by atoms with van der Waals surface area (Å²) in [6.07, 6.45) is 7.45. The Morgan fingerprint density at radius 1 is 1.04 bits per heavy atom. The summed E-state index contributed by atoms with van der Waals surface area (Å²) in [4.78, 5) is 49.0. The number of aliphatic hydroxyl groups excluding tert-OH is 1. The van der Waals surface area contributed by atoms with E-state index in [0.29, 0.717) is 75.5 Å². The van der Waals surface area contributed by atoms with Crippen molar-refractivity contribution in [3.63, 3.8) is 0 Å². The van der Waals surface area contributed by atoms with Crippen LogP contribution in [0.4, 0.5) is 17.1 Å². The van der Waals surface area contributed by atoms with Gasteiger partial charge in [-0.05, 0) is 93.2 Å². The van der Waals surface area contributed by atoms with Crippen molar-refractivity contribution in [2.24, 2.45) is 29.6 Å². The van der Waals surface area contributed by atoms with Crippen molar-refractivity contribution in [2.75, 3.05) is 69.4 Å². The van der Waals surface area contributed by atoms with Crippen molar-refractivity contribution in [3.05, 3.63) is 76.6 Å². The van der Waals surface area contributed by atoms with E-state index in [2.05, 4.69) is 43.7 Å². The summed E-state index contributed by atoms with van der Waals surface area (Å²) < 4.78 is 60.9. The molecule has 8 heterocycles. The largest absolute Gasteiger partial charge is 0.455 e. The Hall–Kier alpha value is -4.97. The fraction of sp³-hybridized carbons (Fsp3) is 0.583. The van der Waals surface area contributed by atoms with Gasteiger partial charge in [-0.3, -0.25) is 19.8 Å².